The van der Waals surface area contributed by atoms with Crippen molar-refractivity contribution in [1.82, 2.24) is 20.3 Å². The van der Waals surface area contributed by atoms with Crippen LogP contribution in [-0.2, 0) is 11.2 Å². The predicted molar refractivity (Wildman–Crippen MR) is 97.4 cm³/mol. The number of nitrogens with one attached hydrogen (secondary N) is 2. The van der Waals surface area contributed by atoms with E-state index >= 15 is 0 Å². The molecule has 7 heteroatoms. The van der Waals surface area contributed by atoms with E-state index in [0.717, 1.165) is 18.4 Å². The summed E-state index contributed by atoms with van der Waals surface area (Å²) in [5, 5.41) is 4.15. The van der Waals surface area contributed by atoms with Crippen LogP contribution in [0.3, 0.4) is 0 Å². The van der Waals surface area contributed by atoms with Crippen molar-refractivity contribution in [3.05, 3.63) is 53.2 Å². The summed E-state index contributed by atoms with van der Waals surface area (Å²) in [6.07, 6.45) is 3.44. The number of aryl methyl sites for hydroxylation is 1. The van der Waals surface area contributed by atoms with Crippen molar-refractivity contribution in [2.45, 2.75) is 18.0 Å². The van der Waals surface area contributed by atoms with Gasteiger partial charge in [0.1, 0.15) is 0 Å². The fourth-order valence-corrected chi connectivity index (χ4v) is 3.13. The zero-order valence-electron chi connectivity index (χ0n) is 13.0. The van der Waals surface area contributed by atoms with E-state index in [9.17, 15) is 4.79 Å². The van der Waals surface area contributed by atoms with Crippen molar-refractivity contribution in [2.24, 2.45) is 0 Å². The largest absolute Gasteiger partial charge is 0.355 e. The highest BCUT2D eigenvalue weighted by molar-refractivity contribution is 7.99. The molecule has 0 spiro atoms. The summed E-state index contributed by atoms with van der Waals surface area (Å²) in [7, 11) is 0. The maximum atomic E-state index is 11.9. The zero-order valence-corrected chi connectivity index (χ0v) is 14.5. The van der Waals surface area contributed by atoms with Gasteiger partial charge in [-0.2, -0.15) is 0 Å². The van der Waals surface area contributed by atoms with Crippen molar-refractivity contribution < 1.29 is 4.79 Å². The van der Waals surface area contributed by atoms with Crippen LogP contribution in [0, 0.1) is 0 Å². The highest BCUT2D eigenvalue weighted by Crippen LogP contribution is 2.20. The molecule has 0 aliphatic carbocycles. The number of fused-ring (bicyclic) bond motifs is 1. The minimum atomic E-state index is -0.000454. The summed E-state index contributed by atoms with van der Waals surface area (Å²) in [5.41, 5.74) is 2.66. The van der Waals surface area contributed by atoms with Gasteiger partial charge in [0, 0.05) is 12.7 Å². The smallest absolute Gasteiger partial charge is 0.230 e. The van der Waals surface area contributed by atoms with Crippen molar-refractivity contribution in [3.8, 4) is 0 Å². The molecule has 0 atom stereocenters. The zero-order chi connectivity index (χ0) is 16.8. The molecule has 0 saturated heterocycles. The molecule has 3 rings (SSSR count). The molecule has 2 heterocycles. The summed E-state index contributed by atoms with van der Waals surface area (Å²) < 4.78 is 0. The minimum Gasteiger partial charge on any atom is -0.355 e. The van der Waals surface area contributed by atoms with E-state index in [4.69, 9.17) is 11.6 Å². The van der Waals surface area contributed by atoms with E-state index in [1.807, 2.05) is 18.2 Å². The summed E-state index contributed by atoms with van der Waals surface area (Å²) in [6.45, 7) is 0.672. The van der Waals surface area contributed by atoms with Gasteiger partial charge in [-0.3, -0.25) is 4.79 Å². The van der Waals surface area contributed by atoms with Crippen LogP contribution in [0.1, 0.15) is 12.0 Å². The molecule has 0 radical (unpaired) electrons. The van der Waals surface area contributed by atoms with Crippen molar-refractivity contribution in [3.63, 3.8) is 0 Å². The van der Waals surface area contributed by atoms with E-state index in [0.29, 0.717) is 28.1 Å². The summed E-state index contributed by atoms with van der Waals surface area (Å²) in [4.78, 5) is 23.4. The highest BCUT2D eigenvalue weighted by atomic mass is 35.5. The molecule has 2 aromatic heterocycles. The van der Waals surface area contributed by atoms with Crippen LogP contribution >= 0.6 is 23.4 Å². The lowest BCUT2D eigenvalue weighted by Gasteiger charge is -2.04. The van der Waals surface area contributed by atoms with Crippen LogP contribution in [0.2, 0.25) is 5.02 Å². The number of aromatic amines is 1. The molecule has 0 aliphatic rings. The molecule has 1 amide bonds. The maximum absolute atomic E-state index is 11.9. The van der Waals surface area contributed by atoms with E-state index in [1.54, 1.807) is 12.3 Å². The Hall–Kier alpha value is -2.05. The van der Waals surface area contributed by atoms with Crippen molar-refractivity contribution in [2.75, 3.05) is 12.3 Å². The van der Waals surface area contributed by atoms with Crippen LogP contribution in [0.15, 0.2) is 47.8 Å². The Morgan fingerprint density at radius 3 is 2.96 bits per heavy atom. The monoisotopic (exact) mass is 360 g/mol. The summed E-state index contributed by atoms with van der Waals surface area (Å²) >= 11 is 7.24. The molecule has 2 N–H and O–H groups in total. The quantitative estimate of drug-likeness (QED) is 0.500. The summed E-state index contributed by atoms with van der Waals surface area (Å²) in [5.74, 6) is 0.318. The van der Waals surface area contributed by atoms with Gasteiger partial charge >= 0.3 is 0 Å². The number of hydrogen-bond acceptors (Lipinski definition) is 4. The SMILES string of the molecule is O=C(CSc1nc2ncc(Cl)cc2[nH]1)NCCCc1ccccc1. The fourth-order valence-electron chi connectivity index (χ4n) is 2.27. The highest BCUT2D eigenvalue weighted by Gasteiger charge is 2.08. The lowest BCUT2D eigenvalue weighted by atomic mass is 10.1. The van der Waals surface area contributed by atoms with Gasteiger partial charge in [-0.1, -0.05) is 53.7 Å². The van der Waals surface area contributed by atoms with Crippen LogP contribution in [0.4, 0.5) is 0 Å². The first-order valence-corrected chi connectivity index (χ1v) is 9.02. The third kappa shape index (κ3) is 4.72. The van der Waals surface area contributed by atoms with Crippen LogP contribution < -0.4 is 5.32 Å². The number of carbonyl (C=O) groups excluding carboxylic acids is 1. The molecule has 0 unspecified atom stereocenters. The van der Waals surface area contributed by atoms with E-state index in [1.165, 1.54) is 17.3 Å². The fraction of sp³-hybridized carbons (Fsp3) is 0.235. The Labute approximate surface area is 149 Å². The number of hydrogen-bond donors (Lipinski definition) is 2. The van der Waals surface area contributed by atoms with E-state index < -0.39 is 0 Å². The molecular formula is C17H17ClN4OS. The maximum Gasteiger partial charge on any atom is 0.230 e. The normalized spacial score (nSPS) is 10.9. The molecule has 0 fully saturated rings. The second-order valence-electron chi connectivity index (χ2n) is 5.29. The Balaban J connectivity index is 1.40. The molecule has 24 heavy (non-hydrogen) atoms. The van der Waals surface area contributed by atoms with Gasteiger partial charge in [-0.25, -0.2) is 9.97 Å². The molecule has 0 saturated carbocycles. The number of thioether (sulfide) groups is 1. The van der Waals surface area contributed by atoms with Gasteiger partial charge in [0.15, 0.2) is 10.8 Å². The number of pyridine rings is 1. The average molecular weight is 361 g/mol. The number of imidazole rings is 1. The van der Waals surface area contributed by atoms with Gasteiger partial charge in [-0.05, 0) is 24.5 Å². The molecule has 124 valence electrons. The second-order valence-corrected chi connectivity index (χ2v) is 6.69. The number of benzene rings is 1. The standard InChI is InChI=1S/C17H17ClN4OS/c18-13-9-14-16(20-10-13)22-17(21-14)24-11-15(23)19-8-4-7-12-5-2-1-3-6-12/h1-3,5-6,9-10H,4,7-8,11H2,(H,19,23)(H,20,21,22). The second kappa shape index (κ2) is 8.17. The van der Waals surface area contributed by atoms with Crippen LogP contribution in [-0.4, -0.2) is 33.2 Å². The first-order chi connectivity index (χ1) is 11.7. The number of carbonyl (C=O) groups is 1. The molecule has 5 nitrogen and oxygen atoms in total. The van der Waals surface area contributed by atoms with Gasteiger partial charge in [0.25, 0.3) is 0 Å². The molecule has 0 aliphatic heterocycles. The molecule has 1 aromatic carbocycles. The number of H-pyrrole nitrogens is 1. The number of halogens is 1. The predicted octanol–water partition coefficient (Wildman–Crippen LogP) is 3.45. The van der Waals surface area contributed by atoms with Crippen LogP contribution in [0.5, 0.6) is 0 Å². The average Bonchev–Trinajstić information content (AvgIpc) is 3.00. The Morgan fingerprint density at radius 1 is 1.29 bits per heavy atom. The number of nitrogens with zero attached hydrogens (tertiary/aromatic N) is 2. The first kappa shape index (κ1) is 16.8. The van der Waals surface area contributed by atoms with Crippen molar-refractivity contribution in [1.29, 1.82) is 0 Å². The Kier molecular flexibility index (Phi) is 5.72. The van der Waals surface area contributed by atoms with Gasteiger partial charge in [0.2, 0.25) is 5.91 Å². The van der Waals surface area contributed by atoms with Gasteiger partial charge < -0.3 is 10.3 Å². The third-order valence-corrected chi connectivity index (χ3v) is 4.51. The summed E-state index contributed by atoms with van der Waals surface area (Å²) in [6, 6.07) is 12.0. The third-order valence-electron chi connectivity index (χ3n) is 3.43. The van der Waals surface area contributed by atoms with Crippen LogP contribution in [0.25, 0.3) is 11.2 Å². The number of rotatable bonds is 7. The minimum absolute atomic E-state index is 0.000454. The number of amides is 1. The Morgan fingerprint density at radius 2 is 2.12 bits per heavy atom. The first-order valence-electron chi connectivity index (χ1n) is 7.65. The van der Waals surface area contributed by atoms with E-state index in [-0.39, 0.29) is 5.91 Å². The van der Waals surface area contributed by atoms with Gasteiger partial charge in [0.05, 0.1) is 16.3 Å². The number of aromatic nitrogens is 3. The van der Waals surface area contributed by atoms with E-state index in [2.05, 4.69) is 32.4 Å². The molecular weight excluding hydrogens is 344 g/mol. The molecule has 3 aromatic rings. The van der Waals surface area contributed by atoms with Gasteiger partial charge in [-0.15, -0.1) is 0 Å². The van der Waals surface area contributed by atoms with Crippen molar-refractivity contribution >= 4 is 40.4 Å². The lowest BCUT2D eigenvalue weighted by Crippen LogP contribution is -2.26. The topological polar surface area (TPSA) is 70.7 Å². The lowest BCUT2D eigenvalue weighted by molar-refractivity contribution is -0.118. The Bertz CT molecular complexity index is 822. The molecule has 0 bridgehead atoms.